The number of carbonyl (C=O) groups excluding carboxylic acids is 3. The molecule has 2 amide bonds. The summed E-state index contributed by atoms with van der Waals surface area (Å²) < 4.78 is 6.30. The highest BCUT2D eigenvalue weighted by Crippen LogP contribution is 2.29. The van der Waals surface area contributed by atoms with E-state index in [1.54, 1.807) is 0 Å². The predicted octanol–water partition coefficient (Wildman–Crippen LogP) is 2.58. The highest BCUT2D eigenvalue weighted by molar-refractivity contribution is 5.96. The van der Waals surface area contributed by atoms with Crippen molar-refractivity contribution < 1.29 is 19.1 Å². The zero-order chi connectivity index (χ0) is 26.4. The van der Waals surface area contributed by atoms with E-state index in [0.29, 0.717) is 11.5 Å². The molecule has 12 nitrogen and oxygen atoms in total. The molecule has 2 aromatic heterocycles. The summed E-state index contributed by atoms with van der Waals surface area (Å²) in [6, 6.07) is 9.30. The number of ether oxygens (including phenoxy) is 1. The van der Waals surface area contributed by atoms with E-state index in [4.69, 9.17) is 10.5 Å². The molecule has 1 aliphatic rings. The summed E-state index contributed by atoms with van der Waals surface area (Å²) in [7, 11) is 0. The second-order valence-electron chi connectivity index (χ2n) is 8.66. The minimum absolute atomic E-state index is 0.00549. The Bertz CT molecular complexity index is 1290. The van der Waals surface area contributed by atoms with Gasteiger partial charge in [0.1, 0.15) is 12.4 Å². The molecule has 0 spiro atoms. The van der Waals surface area contributed by atoms with Crippen LogP contribution in [0.25, 0.3) is 0 Å². The SMILES string of the molecule is C=CC(=O)NC1CC[C@@H](Nc2cnc(C(N)=O)c(Nc3cnn(C(=O)OCc4ccccc4)c3)n2)[C@H]1C. The van der Waals surface area contributed by atoms with E-state index in [2.05, 4.69) is 37.6 Å². The molecule has 12 heteroatoms. The Morgan fingerprint density at radius 3 is 2.68 bits per heavy atom. The molecule has 1 aliphatic carbocycles. The zero-order valence-corrected chi connectivity index (χ0v) is 20.3. The second-order valence-corrected chi connectivity index (χ2v) is 8.66. The van der Waals surface area contributed by atoms with Crippen molar-refractivity contribution in [1.82, 2.24) is 25.1 Å². The van der Waals surface area contributed by atoms with Crippen molar-refractivity contribution in [3.05, 3.63) is 72.8 Å². The maximum atomic E-state index is 12.4. The zero-order valence-electron chi connectivity index (χ0n) is 20.3. The van der Waals surface area contributed by atoms with Crippen molar-refractivity contribution in [3.8, 4) is 0 Å². The summed E-state index contributed by atoms with van der Waals surface area (Å²) in [6.45, 7) is 5.63. The van der Waals surface area contributed by atoms with Crippen molar-refractivity contribution in [2.75, 3.05) is 10.6 Å². The molecule has 3 aromatic rings. The Morgan fingerprint density at radius 2 is 1.95 bits per heavy atom. The van der Waals surface area contributed by atoms with Gasteiger partial charge in [0.25, 0.3) is 5.91 Å². The van der Waals surface area contributed by atoms with Gasteiger partial charge in [-0.05, 0) is 30.4 Å². The fraction of sp³-hybridized carbons (Fsp3) is 0.280. The van der Waals surface area contributed by atoms with Crippen LogP contribution < -0.4 is 21.7 Å². The molecule has 2 heterocycles. The van der Waals surface area contributed by atoms with Crippen molar-refractivity contribution in [1.29, 1.82) is 0 Å². The standard InChI is InChI=1S/C25H28N8O4/c1-3-21(34)31-19-10-9-18(15(19)2)30-20-12-27-22(23(26)35)24(32-20)29-17-11-28-33(13-17)25(36)37-14-16-7-5-4-6-8-16/h3-8,11-13,15,18-19H,1,9-10,14H2,2H3,(H2,26,35)(H,31,34)(H2,29,30,32)/t15-,18-,19?/m1/s1. The average molecular weight is 505 g/mol. The Kier molecular flexibility index (Phi) is 7.77. The van der Waals surface area contributed by atoms with Gasteiger partial charge in [0.05, 0.1) is 24.3 Å². The van der Waals surface area contributed by atoms with Crippen LogP contribution in [0, 0.1) is 5.92 Å². The topological polar surface area (TPSA) is 166 Å². The van der Waals surface area contributed by atoms with Crippen molar-refractivity contribution in [2.24, 2.45) is 11.7 Å². The molecule has 1 unspecified atom stereocenters. The third kappa shape index (κ3) is 6.28. The van der Waals surface area contributed by atoms with Crippen LogP contribution in [0.4, 0.5) is 22.1 Å². The van der Waals surface area contributed by atoms with E-state index in [0.717, 1.165) is 23.1 Å². The number of hydrogen-bond donors (Lipinski definition) is 4. The molecule has 0 bridgehead atoms. The Hall–Kier alpha value is -4.74. The first-order valence-corrected chi connectivity index (χ1v) is 11.7. The lowest BCUT2D eigenvalue weighted by Crippen LogP contribution is -2.39. The van der Waals surface area contributed by atoms with Gasteiger partial charge in [-0.1, -0.05) is 43.8 Å². The third-order valence-electron chi connectivity index (χ3n) is 6.15. The van der Waals surface area contributed by atoms with E-state index >= 15 is 0 Å². The molecule has 37 heavy (non-hydrogen) atoms. The van der Waals surface area contributed by atoms with Gasteiger partial charge >= 0.3 is 6.09 Å². The molecular formula is C25H28N8O4. The molecule has 0 saturated heterocycles. The number of nitrogens with one attached hydrogen (secondary N) is 3. The highest BCUT2D eigenvalue weighted by atomic mass is 16.6. The number of amides is 2. The van der Waals surface area contributed by atoms with E-state index in [1.165, 1.54) is 24.7 Å². The van der Waals surface area contributed by atoms with E-state index in [1.807, 2.05) is 37.3 Å². The first-order valence-electron chi connectivity index (χ1n) is 11.7. The number of primary amides is 1. The summed E-state index contributed by atoms with van der Waals surface area (Å²) in [4.78, 5) is 44.6. The summed E-state index contributed by atoms with van der Waals surface area (Å²) in [5, 5.41) is 13.2. The first kappa shape index (κ1) is 25.4. The third-order valence-corrected chi connectivity index (χ3v) is 6.15. The van der Waals surface area contributed by atoms with Gasteiger partial charge < -0.3 is 26.4 Å². The molecule has 192 valence electrons. The van der Waals surface area contributed by atoms with E-state index in [-0.39, 0.29) is 42.0 Å². The number of anilines is 3. The number of rotatable bonds is 9. The molecule has 1 fully saturated rings. The molecule has 4 rings (SSSR count). The van der Waals surface area contributed by atoms with E-state index in [9.17, 15) is 14.4 Å². The van der Waals surface area contributed by atoms with Crippen LogP contribution in [0.2, 0.25) is 0 Å². The van der Waals surface area contributed by atoms with Crippen LogP contribution in [-0.2, 0) is 16.1 Å². The molecular weight excluding hydrogens is 476 g/mol. The minimum atomic E-state index is -0.766. The summed E-state index contributed by atoms with van der Waals surface area (Å²) in [6.07, 6.45) is 6.43. The summed E-state index contributed by atoms with van der Waals surface area (Å²) in [5.41, 5.74) is 6.64. The molecule has 3 atom stereocenters. The second kappa shape index (κ2) is 11.3. The minimum Gasteiger partial charge on any atom is -0.443 e. The quantitative estimate of drug-likeness (QED) is 0.320. The number of carbonyl (C=O) groups is 3. The van der Waals surface area contributed by atoms with E-state index < -0.39 is 12.0 Å². The Balaban J connectivity index is 1.43. The normalized spacial score (nSPS) is 18.6. The number of nitrogens with zero attached hydrogens (tertiary/aromatic N) is 4. The fourth-order valence-electron chi connectivity index (χ4n) is 4.14. The summed E-state index contributed by atoms with van der Waals surface area (Å²) >= 11 is 0. The largest absolute Gasteiger partial charge is 0.443 e. The molecule has 5 N–H and O–H groups in total. The number of hydrogen-bond acceptors (Lipinski definition) is 9. The van der Waals surface area contributed by atoms with Crippen LogP contribution in [-0.4, -0.2) is 49.7 Å². The van der Waals surface area contributed by atoms with Crippen molar-refractivity contribution in [2.45, 2.75) is 38.5 Å². The number of aromatic nitrogens is 4. The molecule has 1 saturated carbocycles. The number of benzene rings is 1. The van der Waals surface area contributed by atoms with Gasteiger partial charge in [0, 0.05) is 12.1 Å². The number of nitrogens with two attached hydrogens (primary N) is 1. The molecule has 0 aliphatic heterocycles. The van der Waals surface area contributed by atoms with Crippen molar-refractivity contribution >= 4 is 35.2 Å². The lowest BCUT2D eigenvalue weighted by atomic mass is 10.0. The Labute approximate surface area is 213 Å². The summed E-state index contributed by atoms with van der Waals surface area (Å²) in [5.74, 6) is -0.318. The van der Waals surface area contributed by atoms with Crippen LogP contribution in [0.1, 0.15) is 35.8 Å². The Morgan fingerprint density at radius 1 is 1.19 bits per heavy atom. The monoisotopic (exact) mass is 504 g/mol. The lowest BCUT2D eigenvalue weighted by molar-refractivity contribution is -0.117. The van der Waals surface area contributed by atoms with Crippen LogP contribution >= 0.6 is 0 Å². The predicted molar refractivity (Wildman–Crippen MR) is 136 cm³/mol. The van der Waals surface area contributed by atoms with Crippen LogP contribution in [0.15, 0.2) is 61.6 Å². The maximum Gasteiger partial charge on any atom is 0.435 e. The van der Waals surface area contributed by atoms with Gasteiger partial charge in [-0.2, -0.15) is 9.78 Å². The van der Waals surface area contributed by atoms with Gasteiger partial charge in [0.15, 0.2) is 11.5 Å². The van der Waals surface area contributed by atoms with Gasteiger partial charge in [0.2, 0.25) is 5.91 Å². The average Bonchev–Trinajstić information content (AvgIpc) is 3.50. The van der Waals surface area contributed by atoms with Crippen LogP contribution in [0.3, 0.4) is 0 Å². The maximum absolute atomic E-state index is 12.4. The van der Waals surface area contributed by atoms with Gasteiger partial charge in [-0.15, -0.1) is 0 Å². The fourth-order valence-corrected chi connectivity index (χ4v) is 4.14. The van der Waals surface area contributed by atoms with Crippen molar-refractivity contribution in [3.63, 3.8) is 0 Å². The van der Waals surface area contributed by atoms with Gasteiger partial charge in [-0.3, -0.25) is 9.59 Å². The van der Waals surface area contributed by atoms with Crippen LogP contribution in [0.5, 0.6) is 0 Å². The smallest absolute Gasteiger partial charge is 0.435 e. The lowest BCUT2D eigenvalue weighted by Gasteiger charge is -2.23. The molecule has 0 radical (unpaired) electrons. The van der Waals surface area contributed by atoms with Gasteiger partial charge in [-0.25, -0.2) is 14.8 Å². The highest BCUT2D eigenvalue weighted by Gasteiger charge is 2.33. The first-order chi connectivity index (χ1) is 17.8. The molecule has 1 aromatic carbocycles.